The molecule has 6 nitrogen and oxygen atoms in total. The average molecular weight is 464 g/mol. The van der Waals surface area contributed by atoms with E-state index in [1.165, 1.54) is 6.07 Å². The second kappa shape index (κ2) is 11.1. The van der Waals surface area contributed by atoms with E-state index in [1.54, 1.807) is 17.0 Å². The molecule has 2 amide bonds. The van der Waals surface area contributed by atoms with E-state index in [2.05, 4.69) is 5.32 Å². The number of anilines is 1. The lowest BCUT2D eigenvalue weighted by atomic mass is 9.95. The Morgan fingerprint density at radius 3 is 2.39 bits per heavy atom. The van der Waals surface area contributed by atoms with Gasteiger partial charge in [0.05, 0.1) is 17.9 Å². The molecule has 1 N–H and O–H groups in total. The highest BCUT2D eigenvalue weighted by molar-refractivity contribution is 5.94. The third-order valence-corrected chi connectivity index (χ3v) is 5.35. The Bertz CT molecular complexity index is 942. The van der Waals surface area contributed by atoms with E-state index in [0.29, 0.717) is 44.7 Å². The van der Waals surface area contributed by atoms with Crippen LogP contribution >= 0.6 is 0 Å². The van der Waals surface area contributed by atoms with Gasteiger partial charge in [0.1, 0.15) is 11.5 Å². The summed E-state index contributed by atoms with van der Waals surface area (Å²) in [6.07, 6.45) is -3.04. The fraction of sp³-hybridized carbons (Fsp3) is 0.417. The standard InChI is InChI=1S/C24H27F3N2O4/c1-2-14-32-21-9-8-18(24(25,26)27)15-20(21)28-23(31)17-10-12-29(13-11-17)22(30)16-33-19-6-4-3-5-7-19/h3-9,15,17H,2,10-14,16H2,1H3,(H,28,31). The molecule has 2 aromatic carbocycles. The second-order valence-corrected chi connectivity index (χ2v) is 7.80. The molecule has 1 saturated heterocycles. The Hall–Kier alpha value is -3.23. The number of amides is 2. The smallest absolute Gasteiger partial charge is 0.416 e. The lowest BCUT2D eigenvalue weighted by Gasteiger charge is -2.31. The Labute approximate surface area is 190 Å². The van der Waals surface area contributed by atoms with Gasteiger partial charge in [0.2, 0.25) is 5.91 Å². The Morgan fingerprint density at radius 1 is 1.06 bits per heavy atom. The monoisotopic (exact) mass is 464 g/mol. The van der Waals surface area contributed by atoms with Gasteiger partial charge in [-0.05, 0) is 49.6 Å². The fourth-order valence-electron chi connectivity index (χ4n) is 3.52. The van der Waals surface area contributed by atoms with Gasteiger partial charge in [0.25, 0.3) is 5.91 Å². The number of ether oxygens (including phenoxy) is 2. The maximum Gasteiger partial charge on any atom is 0.416 e. The zero-order valence-corrected chi connectivity index (χ0v) is 18.4. The van der Waals surface area contributed by atoms with Crippen LogP contribution in [0, 0.1) is 5.92 Å². The molecule has 1 aliphatic rings. The molecule has 178 valence electrons. The number of hydrogen-bond donors (Lipinski definition) is 1. The van der Waals surface area contributed by atoms with Crippen LogP contribution in [0.25, 0.3) is 0 Å². The third kappa shape index (κ3) is 6.87. The summed E-state index contributed by atoms with van der Waals surface area (Å²) in [5, 5.41) is 2.60. The van der Waals surface area contributed by atoms with Crippen LogP contribution in [0.4, 0.5) is 18.9 Å². The van der Waals surface area contributed by atoms with Gasteiger partial charge in [-0.15, -0.1) is 0 Å². The van der Waals surface area contributed by atoms with Crippen LogP contribution in [0.3, 0.4) is 0 Å². The van der Waals surface area contributed by atoms with E-state index >= 15 is 0 Å². The van der Waals surface area contributed by atoms with E-state index in [-0.39, 0.29) is 29.9 Å². The molecule has 33 heavy (non-hydrogen) atoms. The summed E-state index contributed by atoms with van der Waals surface area (Å²) in [4.78, 5) is 26.8. The number of rotatable bonds is 8. The van der Waals surface area contributed by atoms with Gasteiger partial charge in [0, 0.05) is 19.0 Å². The van der Waals surface area contributed by atoms with Gasteiger partial charge < -0.3 is 19.7 Å². The highest BCUT2D eigenvalue weighted by Gasteiger charge is 2.32. The first-order chi connectivity index (χ1) is 15.8. The molecular weight excluding hydrogens is 437 g/mol. The highest BCUT2D eigenvalue weighted by Crippen LogP contribution is 2.35. The molecule has 0 atom stereocenters. The first-order valence-electron chi connectivity index (χ1n) is 10.9. The summed E-state index contributed by atoms with van der Waals surface area (Å²) in [7, 11) is 0. The van der Waals surface area contributed by atoms with Crippen molar-refractivity contribution in [3.63, 3.8) is 0 Å². The molecule has 3 rings (SSSR count). The van der Waals surface area contributed by atoms with Crippen molar-refractivity contribution in [1.82, 2.24) is 4.90 Å². The molecule has 0 aromatic heterocycles. The van der Waals surface area contributed by atoms with Gasteiger partial charge in [-0.3, -0.25) is 9.59 Å². The topological polar surface area (TPSA) is 67.9 Å². The van der Waals surface area contributed by atoms with Crippen LogP contribution in [-0.4, -0.2) is 43.0 Å². The first-order valence-corrected chi connectivity index (χ1v) is 10.9. The summed E-state index contributed by atoms with van der Waals surface area (Å²) in [6.45, 7) is 2.85. The van der Waals surface area contributed by atoms with E-state index in [1.807, 2.05) is 25.1 Å². The van der Waals surface area contributed by atoms with Crippen molar-refractivity contribution < 1.29 is 32.2 Å². The number of para-hydroxylation sites is 1. The van der Waals surface area contributed by atoms with Crippen LogP contribution < -0.4 is 14.8 Å². The maximum absolute atomic E-state index is 13.1. The summed E-state index contributed by atoms with van der Waals surface area (Å²) >= 11 is 0. The van der Waals surface area contributed by atoms with Crippen molar-refractivity contribution >= 4 is 17.5 Å². The number of hydrogen-bond acceptors (Lipinski definition) is 4. The number of nitrogens with zero attached hydrogens (tertiary/aromatic N) is 1. The molecule has 0 aliphatic carbocycles. The van der Waals surface area contributed by atoms with Crippen LogP contribution in [0.2, 0.25) is 0 Å². The predicted molar refractivity (Wildman–Crippen MR) is 117 cm³/mol. The number of halogens is 3. The molecule has 0 unspecified atom stereocenters. The molecule has 9 heteroatoms. The number of carbonyl (C=O) groups excluding carboxylic acids is 2. The van der Waals surface area contributed by atoms with Crippen molar-refractivity contribution in [2.24, 2.45) is 5.92 Å². The third-order valence-electron chi connectivity index (χ3n) is 5.35. The van der Waals surface area contributed by atoms with Gasteiger partial charge >= 0.3 is 6.18 Å². The van der Waals surface area contributed by atoms with Crippen LogP contribution in [0.1, 0.15) is 31.7 Å². The molecule has 0 bridgehead atoms. The van der Waals surface area contributed by atoms with Gasteiger partial charge in [0.15, 0.2) is 6.61 Å². The molecular formula is C24H27F3N2O4. The van der Waals surface area contributed by atoms with E-state index in [9.17, 15) is 22.8 Å². The minimum absolute atomic E-state index is 0.00181. The maximum atomic E-state index is 13.1. The van der Waals surface area contributed by atoms with Crippen LogP contribution in [0.15, 0.2) is 48.5 Å². The van der Waals surface area contributed by atoms with Gasteiger partial charge in [-0.2, -0.15) is 13.2 Å². The zero-order valence-electron chi connectivity index (χ0n) is 18.4. The SMILES string of the molecule is CCCOc1ccc(C(F)(F)F)cc1NC(=O)C1CCN(C(=O)COc2ccccc2)CC1. The summed E-state index contributed by atoms with van der Waals surface area (Å²) in [5.74, 6) is -0.182. The number of benzene rings is 2. The van der Waals surface area contributed by atoms with E-state index in [0.717, 1.165) is 12.1 Å². The molecule has 1 heterocycles. The zero-order chi connectivity index (χ0) is 23.8. The molecule has 0 radical (unpaired) electrons. The van der Waals surface area contributed by atoms with Crippen molar-refractivity contribution in [3.05, 3.63) is 54.1 Å². The molecule has 0 saturated carbocycles. The molecule has 1 fully saturated rings. The van der Waals surface area contributed by atoms with Gasteiger partial charge in [-0.25, -0.2) is 0 Å². The number of likely N-dealkylation sites (tertiary alicyclic amines) is 1. The number of piperidine rings is 1. The average Bonchev–Trinajstić information content (AvgIpc) is 2.81. The molecule has 1 aliphatic heterocycles. The van der Waals surface area contributed by atoms with Crippen LogP contribution in [-0.2, 0) is 15.8 Å². The Balaban J connectivity index is 1.56. The molecule has 0 spiro atoms. The molecule has 2 aromatic rings. The van der Waals surface area contributed by atoms with Crippen molar-refractivity contribution in [1.29, 1.82) is 0 Å². The van der Waals surface area contributed by atoms with E-state index < -0.39 is 17.7 Å². The summed E-state index contributed by atoms with van der Waals surface area (Å²) < 4.78 is 50.4. The summed E-state index contributed by atoms with van der Waals surface area (Å²) in [5.41, 5.74) is -0.862. The first kappa shape index (κ1) is 24.4. The largest absolute Gasteiger partial charge is 0.491 e. The van der Waals surface area contributed by atoms with Crippen molar-refractivity contribution in [2.45, 2.75) is 32.4 Å². The van der Waals surface area contributed by atoms with Crippen molar-refractivity contribution in [3.8, 4) is 11.5 Å². The van der Waals surface area contributed by atoms with Crippen molar-refractivity contribution in [2.75, 3.05) is 31.6 Å². The van der Waals surface area contributed by atoms with Crippen LogP contribution in [0.5, 0.6) is 11.5 Å². The van der Waals surface area contributed by atoms with Gasteiger partial charge in [-0.1, -0.05) is 25.1 Å². The predicted octanol–water partition coefficient (Wildman–Crippen LogP) is 4.75. The lowest BCUT2D eigenvalue weighted by Crippen LogP contribution is -2.43. The number of carbonyl (C=O) groups is 2. The quantitative estimate of drug-likeness (QED) is 0.612. The summed E-state index contributed by atoms with van der Waals surface area (Å²) in [6, 6.07) is 12.0. The highest BCUT2D eigenvalue weighted by atomic mass is 19.4. The minimum atomic E-state index is -4.53. The van der Waals surface area contributed by atoms with E-state index in [4.69, 9.17) is 9.47 Å². The Morgan fingerprint density at radius 2 is 1.76 bits per heavy atom. The second-order valence-electron chi connectivity index (χ2n) is 7.80. The fourth-order valence-corrected chi connectivity index (χ4v) is 3.52. The Kier molecular flexibility index (Phi) is 8.19. The number of nitrogens with one attached hydrogen (secondary N) is 1. The lowest BCUT2D eigenvalue weighted by molar-refractivity contribution is -0.137. The normalized spacial score (nSPS) is 14.6. The minimum Gasteiger partial charge on any atom is -0.491 e. The number of alkyl halides is 3.